The molecule has 1 unspecified atom stereocenters. The zero-order chi connectivity index (χ0) is 18.1. The fourth-order valence-corrected chi connectivity index (χ4v) is 2.56. The number of nitrogens with zero attached hydrogens (tertiary/aromatic N) is 3. The summed E-state index contributed by atoms with van der Waals surface area (Å²) < 4.78 is 7.24. The maximum Gasteiger partial charge on any atom is 0.265 e. The first kappa shape index (κ1) is 15.8. The molecular weight excluding hydrogens is 334 g/mol. The summed E-state index contributed by atoms with van der Waals surface area (Å²) in [5, 5.41) is 5.53. The van der Waals surface area contributed by atoms with Crippen LogP contribution in [0.15, 0.2) is 55.2 Å². The standard InChI is InChI=1S/C18H15N5O3/c1-11-17(24)22-14-8-13(3-4-15(14)26-11)21-18(25)12-2-5-16(20-9-12)23-7-6-19-10-23/h2-11H,1H3,(H,21,25)(H,22,24). The Balaban J connectivity index is 1.50. The van der Waals surface area contributed by atoms with E-state index in [0.717, 1.165) is 0 Å². The van der Waals surface area contributed by atoms with Crippen LogP contribution in [0.25, 0.3) is 5.82 Å². The Morgan fingerprint density at radius 1 is 1.31 bits per heavy atom. The highest BCUT2D eigenvalue weighted by molar-refractivity contribution is 6.05. The molecule has 1 aromatic carbocycles. The minimum atomic E-state index is -0.539. The van der Waals surface area contributed by atoms with Gasteiger partial charge in [0.2, 0.25) is 0 Å². The topological polar surface area (TPSA) is 98.1 Å². The van der Waals surface area contributed by atoms with Crippen LogP contribution in [0.4, 0.5) is 11.4 Å². The number of benzene rings is 1. The highest BCUT2D eigenvalue weighted by Crippen LogP contribution is 2.32. The van der Waals surface area contributed by atoms with E-state index in [1.165, 1.54) is 6.20 Å². The molecule has 8 heteroatoms. The van der Waals surface area contributed by atoms with Gasteiger partial charge in [-0.25, -0.2) is 9.97 Å². The van der Waals surface area contributed by atoms with Crippen LogP contribution in [0.2, 0.25) is 0 Å². The summed E-state index contributed by atoms with van der Waals surface area (Å²) in [6.45, 7) is 1.68. The second-order valence-corrected chi connectivity index (χ2v) is 5.79. The van der Waals surface area contributed by atoms with Crippen molar-refractivity contribution in [3.8, 4) is 11.6 Å². The van der Waals surface area contributed by atoms with Crippen LogP contribution >= 0.6 is 0 Å². The summed E-state index contributed by atoms with van der Waals surface area (Å²) in [5.41, 5.74) is 1.49. The average molecular weight is 349 g/mol. The number of imidazole rings is 1. The highest BCUT2D eigenvalue weighted by atomic mass is 16.5. The Morgan fingerprint density at radius 2 is 2.19 bits per heavy atom. The molecule has 0 bridgehead atoms. The highest BCUT2D eigenvalue weighted by Gasteiger charge is 2.23. The van der Waals surface area contributed by atoms with Gasteiger partial charge in [0.25, 0.3) is 11.8 Å². The van der Waals surface area contributed by atoms with Gasteiger partial charge in [0.15, 0.2) is 6.10 Å². The number of fused-ring (bicyclic) bond motifs is 1. The van der Waals surface area contributed by atoms with Crippen molar-refractivity contribution in [2.75, 3.05) is 10.6 Å². The molecule has 2 N–H and O–H groups in total. The lowest BCUT2D eigenvalue weighted by molar-refractivity contribution is -0.122. The van der Waals surface area contributed by atoms with Crippen LogP contribution in [0.3, 0.4) is 0 Å². The van der Waals surface area contributed by atoms with Gasteiger partial charge in [0, 0.05) is 24.3 Å². The molecule has 4 rings (SSSR count). The molecule has 3 heterocycles. The minimum Gasteiger partial charge on any atom is -0.479 e. The number of aromatic nitrogens is 3. The van der Waals surface area contributed by atoms with Gasteiger partial charge in [0.1, 0.15) is 17.9 Å². The van der Waals surface area contributed by atoms with E-state index in [4.69, 9.17) is 4.74 Å². The molecule has 1 atom stereocenters. The largest absolute Gasteiger partial charge is 0.479 e. The Hall–Kier alpha value is -3.68. The monoisotopic (exact) mass is 349 g/mol. The fraction of sp³-hybridized carbons (Fsp3) is 0.111. The normalized spacial score (nSPS) is 15.6. The minimum absolute atomic E-state index is 0.222. The van der Waals surface area contributed by atoms with Gasteiger partial charge >= 0.3 is 0 Å². The van der Waals surface area contributed by atoms with Crippen molar-refractivity contribution in [2.45, 2.75) is 13.0 Å². The number of hydrogen-bond acceptors (Lipinski definition) is 5. The van der Waals surface area contributed by atoms with Crippen molar-refractivity contribution < 1.29 is 14.3 Å². The summed E-state index contributed by atoms with van der Waals surface area (Å²) in [6.07, 6.45) is 6.01. The number of carbonyl (C=O) groups is 2. The van der Waals surface area contributed by atoms with Crippen molar-refractivity contribution >= 4 is 23.2 Å². The maximum absolute atomic E-state index is 12.4. The number of ether oxygens (including phenoxy) is 1. The first-order valence-electron chi connectivity index (χ1n) is 7.97. The van der Waals surface area contributed by atoms with E-state index >= 15 is 0 Å². The molecule has 8 nitrogen and oxygen atoms in total. The van der Waals surface area contributed by atoms with Gasteiger partial charge in [-0.2, -0.15) is 0 Å². The first-order chi connectivity index (χ1) is 12.6. The number of amides is 2. The Kier molecular flexibility index (Phi) is 3.85. The molecule has 3 aromatic rings. The van der Waals surface area contributed by atoms with Crippen molar-refractivity contribution in [1.29, 1.82) is 0 Å². The summed E-state index contributed by atoms with van der Waals surface area (Å²) in [4.78, 5) is 32.3. The quantitative estimate of drug-likeness (QED) is 0.756. The van der Waals surface area contributed by atoms with Crippen molar-refractivity contribution in [1.82, 2.24) is 14.5 Å². The second kappa shape index (κ2) is 6.32. The molecule has 2 aromatic heterocycles. The Bertz CT molecular complexity index is 967. The Morgan fingerprint density at radius 3 is 2.92 bits per heavy atom. The number of carbonyl (C=O) groups excluding carboxylic acids is 2. The number of nitrogens with one attached hydrogen (secondary N) is 2. The first-order valence-corrected chi connectivity index (χ1v) is 7.97. The predicted molar refractivity (Wildman–Crippen MR) is 94.5 cm³/mol. The van der Waals surface area contributed by atoms with Crippen molar-refractivity contribution in [2.24, 2.45) is 0 Å². The third-order valence-electron chi connectivity index (χ3n) is 3.95. The predicted octanol–water partition coefficient (Wildman–Crippen LogP) is 2.24. The van der Waals surface area contributed by atoms with Crippen LogP contribution in [-0.2, 0) is 4.79 Å². The van der Waals surface area contributed by atoms with E-state index in [1.807, 2.05) is 0 Å². The van der Waals surface area contributed by atoms with Crippen molar-refractivity contribution in [3.63, 3.8) is 0 Å². The van der Waals surface area contributed by atoms with E-state index < -0.39 is 6.10 Å². The molecule has 1 aliphatic heterocycles. The Labute approximate surface area is 148 Å². The molecule has 26 heavy (non-hydrogen) atoms. The van der Waals surface area contributed by atoms with Gasteiger partial charge in [-0.05, 0) is 37.3 Å². The van der Waals surface area contributed by atoms with E-state index in [2.05, 4.69) is 20.6 Å². The maximum atomic E-state index is 12.4. The summed E-state index contributed by atoms with van der Waals surface area (Å²) in [5.74, 6) is 0.717. The molecular formula is C18H15N5O3. The molecule has 0 spiro atoms. The average Bonchev–Trinajstić information content (AvgIpc) is 3.18. The second-order valence-electron chi connectivity index (χ2n) is 5.79. The van der Waals surface area contributed by atoms with Crippen LogP contribution < -0.4 is 15.4 Å². The smallest absolute Gasteiger partial charge is 0.265 e. The molecule has 1 aliphatic rings. The molecule has 0 fully saturated rings. The number of anilines is 2. The molecule has 0 aliphatic carbocycles. The molecule has 0 saturated heterocycles. The molecule has 0 radical (unpaired) electrons. The third-order valence-corrected chi connectivity index (χ3v) is 3.95. The van der Waals surface area contributed by atoms with Gasteiger partial charge in [-0.1, -0.05) is 0 Å². The fourth-order valence-electron chi connectivity index (χ4n) is 2.56. The van der Waals surface area contributed by atoms with E-state index in [-0.39, 0.29) is 11.8 Å². The number of pyridine rings is 1. The zero-order valence-corrected chi connectivity index (χ0v) is 13.8. The lowest BCUT2D eigenvalue weighted by Gasteiger charge is -2.23. The molecule has 2 amide bonds. The van der Waals surface area contributed by atoms with Crippen LogP contribution in [0.5, 0.6) is 5.75 Å². The van der Waals surface area contributed by atoms with Crippen LogP contribution in [-0.4, -0.2) is 32.5 Å². The third kappa shape index (κ3) is 3.00. The lowest BCUT2D eigenvalue weighted by Crippen LogP contribution is -2.34. The van der Waals surface area contributed by atoms with Gasteiger partial charge < -0.3 is 15.4 Å². The number of hydrogen-bond donors (Lipinski definition) is 2. The van der Waals surface area contributed by atoms with E-state index in [1.54, 1.807) is 60.5 Å². The number of rotatable bonds is 3. The zero-order valence-electron chi connectivity index (χ0n) is 13.8. The van der Waals surface area contributed by atoms with Crippen molar-refractivity contribution in [3.05, 3.63) is 60.8 Å². The molecule has 130 valence electrons. The summed E-state index contributed by atoms with van der Waals surface area (Å²) in [7, 11) is 0. The van der Waals surface area contributed by atoms with Crippen LogP contribution in [0, 0.1) is 0 Å². The summed E-state index contributed by atoms with van der Waals surface area (Å²) in [6, 6.07) is 8.50. The van der Waals surface area contributed by atoms with E-state index in [9.17, 15) is 9.59 Å². The SMILES string of the molecule is CC1Oc2ccc(NC(=O)c3ccc(-n4ccnc4)nc3)cc2NC1=O. The summed E-state index contributed by atoms with van der Waals surface area (Å²) >= 11 is 0. The van der Waals surface area contributed by atoms with Gasteiger partial charge in [0.05, 0.1) is 11.3 Å². The van der Waals surface area contributed by atoms with Crippen LogP contribution in [0.1, 0.15) is 17.3 Å². The van der Waals surface area contributed by atoms with Gasteiger partial charge in [-0.15, -0.1) is 0 Å². The van der Waals surface area contributed by atoms with Gasteiger partial charge in [-0.3, -0.25) is 14.2 Å². The van der Waals surface area contributed by atoms with E-state index in [0.29, 0.717) is 28.5 Å². The lowest BCUT2D eigenvalue weighted by atomic mass is 10.2. The molecule has 0 saturated carbocycles.